The van der Waals surface area contributed by atoms with Gasteiger partial charge in [-0.05, 0) is 52.0 Å². The molecule has 2 aromatic carbocycles. The molecule has 2 N–H and O–H groups in total. The average Bonchev–Trinajstić information content (AvgIpc) is 2.55. The van der Waals surface area contributed by atoms with Crippen molar-refractivity contribution in [3.8, 4) is 17.2 Å². The molecule has 0 fully saturated rings. The second kappa shape index (κ2) is 7.47. The van der Waals surface area contributed by atoms with Crippen molar-refractivity contribution < 1.29 is 28.2 Å². The van der Waals surface area contributed by atoms with E-state index in [0.29, 0.717) is 0 Å². The minimum atomic E-state index is -1.15. The van der Waals surface area contributed by atoms with E-state index in [1.807, 2.05) is 0 Å². The van der Waals surface area contributed by atoms with Crippen LogP contribution >= 0.6 is 0 Å². The minimum absolute atomic E-state index is 0.0310. The van der Waals surface area contributed by atoms with Crippen molar-refractivity contribution in [2.75, 3.05) is 12.6 Å². The Morgan fingerprint density at radius 1 is 1.00 bits per heavy atom. The molecule has 2 rings (SSSR count). The highest BCUT2D eigenvalue weighted by atomic mass is 19.1. The standard InChI is InChI=1S/C19H23F2NO4/c1-18(2,23)19(3,4)26-22-14-10-9-12(11-13(14)20)25-16-8-6-7-15(24-5)17(16)21/h6-11,22-23H,1-5H3. The fraction of sp³-hybridized carbons (Fsp3) is 0.368. The Kier molecular flexibility index (Phi) is 5.73. The molecule has 0 spiro atoms. The summed E-state index contributed by atoms with van der Waals surface area (Å²) in [4.78, 5) is 5.41. The zero-order valence-corrected chi connectivity index (χ0v) is 15.4. The number of nitrogens with one attached hydrogen (secondary N) is 1. The van der Waals surface area contributed by atoms with Gasteiger partial charge in [-0.2, -0.15) is 4.39 Å². The van der Waals surface area contributed by atoms with Crippen LogP contribution in [0.25, 0.3) is 0 Å². The number of halogens is 2. The summed E-state index contributed by atoms with van der Waals surface area (Å²) in [6, 6.07) is 8.39. The summed E-state index contributed by atoms with van der Waals surface area (Å²) < 4.78 is 38.6. The van der Waals surface area contributed by atoms with E-state index in [9.17, 15) is 13.9 Å². The quantitative estimate of drug-likeness (QED) is 0.697. The average molecular weight is 367 g/mol. The molecule has 142 valence electrons. The predicted octanol–water partition coefficient (Wildman–Crippen LogP) is 4.66. The number of anilines is 1. The molecule has 0 aliphatic rings. The van der Waals surface area contributed by atoms with E-state index in [2.05, 4.69) is 5.48 Å². The molecular weight excluding hydrogens is 344 g/mol. The van der Waals surface area contributed by atoms with Gasteiger partial charge in [0.2, 0.25) is 5.82 Å². The maximum Gasteiger partial charge on any atom is 0.207 e. The highest BCUT2D eigenvalue weighted by molar-refractivity contribution is 5.48. The topological polar surface area (TPSA) is 60.0 Å². The molecular formula is C19H23F2NO4. The first-order valence-corrected chi connectivity index (χ1v) is 8.01. The first-order valence-electron chi connectivity index (χ1n) is 8.01. The minimum Gasteiger partial charge on any atom is -0.494 e. The van der Waals surface area contributed by atoms with E-state index in [1.54, 1.807) is 33.8 Å². The Bertz CT molecular complexity index is 773. The van der Waals surface area contributed by atoms with Crippen molar-refractivity contribution in [2.24, 2.45) is 0 Å². The van der Waals surface area contributed by atoms with Gasteiger partial charge in [0, 0.05) is 6.07 Å². The van der Waals surface area contributed by atoms with Gasteiger partial charge in [-0.3, -0.25) is 10.3 Å². The number of benzene rings is 2. The summed E-state index contributed by atoms with van der Waals surface area (Å²) in [5, 5.41) is 10.0. The van der Waals surface area contributed by atoms with Crippen molar-refractivity contribution in [1.29, 1.82) is 0 Å². The maximum absolute atomic E-state index is 14.3. The maximum atomic E-state index is 14.3. The number of methoxy groups -OCH3 is 1. The molecule has 26 heavy (non-hydrogen) atoms. The molecule has 0 unspecified atom stereocenters. The smallest absolute Gasteiger partial charge is 0.207 e. The van der Waals surface area contributed by atoms with Crippen LogP contribution in [0.5, 0.6) is 17.2 Å². The summed E-state index contributed by atoms with van der Waals surface area (Å²) in [7, 11) is 1.34. The van der Waals surface area contributed by atoms with Gasteiger partial charge in [0.15, 0.2) is 17.3 Å². The second-order valence-corrected chi connectivity index (χ2v) is 6.79. The zero-order valence-electron chi connectivity index (χ0n) is 15.4. The third kappa shape index (κ3) is 4.42. The lowest BCUT2D eigenvalue weighted by molar-refractivity contribution is -0.130. The SMILES string of the molecule is COc1cccc(Oc2ccc(NOC(C)(C)C(C)(C)O)c(F)c2)c1F. The van der Waals surface area contributed by atoms with Crippen LogP contribution in [0.3, 0.4) is 0 Å². The molecule has 7 heteroatoms. The fourth-order valence-electron chi connectivity index (χ4n) is 1.80. The van der Waals surface area contributed by atoms with Crippen molar-refractivity contribution in [3.05, 3.63) is 48.0 Å². The molecule has 0 radical (unpaired) electrons. The Morgan fingerprint density at radius 3 is 2.23 bits per heavy atom. The van der Waals surface area contributed by atoms with E-state index in [-0.39, 0.29) is 22.9 Å². The van der Waals surface area contributed by atoms with E-state index in [0.717, 1.165) is 6.07 Å². The summed E-state index contributed by atoms with van der Waals surface area (Å²) in [5.41, 5.74) is 0.429. The van der Waals surface area contributed by atoms with Crippen LogP contribution < -0.4 is 15.0 Å². The number of ether oxygens (including phenoxy) is 2. The normalized spacial score (nSPS) is 12.0. The second-order valence-electron chi connectivity index (χ2n) is 6.79. The molecule has 0 bridgehead atoms. The van der Waals surface area contributed by atoms with Crippen LogP contribution in [-0.4, -0.2) is 23.4 Å². The van der Waals surface area contributed by atoms with Gasteiger partial charge in [-0.25, -0.2) is 4.39 Å². The largest absolute Gasteiger partial charge is 0.494 e. The number of hydrogen-bond donors (Lipinski definition) is 2. The van der Waals surface area contributed by atoms with Crippen LogP contribution in [-0.2, 0) is 4.84 Å². The first-order chi connectivity index (χ1) is 12.0. The van der Waals surface area contributed by atoms with Crippen molar-refractivity contribution in [1.82, 2.24) is 0 Å². The summed E-state index contributed by atoms with van der Waals surface area (Å²) in [6.07, 6.45) is 0. The van der Waals surface area contributed by atoms with Gasteiger partial charge >= 0.3 is 0 Å². The van der Waals surface area contributed by atoms with Crippen LogP contribution in [0.15, 0.2) is 36.4 Å². The van der Waals surface area contributed by atoms with Gasteiger partial charge < -0.3 is 14.6 Å². The molecule has 0 aromatic heterocycles. The monoisotopic (exact) mass is 367 g/mol. The Balaban J connectivity index is 2.13. The van der Waals surface area contributed by atoms with Crippen LogP contribution in [0.1, 0.15) is 27.7 Å². The number of aliphatic hydroxyl groups is 1. The lowest BCUT2D eigenvalue weighted by Crippen LogP contribution is -2.48. The molecule has 0 aliphatic carbocycles. The lowest BCUT2D eigenvalue weighted by atomic mass is 9.90. The van der Waals surface area contributed by atoms with Crippen molar-refractivity contribution in [2.45, 2.75) is 38.9 Å². The third-order valence-electron chi connectivity index (χ3n) is 4.21. The molecule has 0 amide bonds. The molecule has 0 heterocycles. The molecule has 0 saturated carbocycles. The van der Waals surface area contributed by atoms with Crippen molar-refractivity contribution >= 4 is 5.69 Å². The number of hydrogen-bond acceptors (Lipinski definition) is 5. The van der Waals surface area contributed by atoms with Gasteiger partial charge in [-0.1, -0.05) is 6.07 Å². The molecule has 2 aromatic rings. The summed E-state index contributed by atoms with van der Waals surface area (Å²) >= 11 is 0. The highest BCUT2D eigenvalue weighted by Crippen LogP contribution is 2.32. The van der Waals surface area contributed by atoms with Crippen LogP contribution in [0, 0.1) is 11.6 Å². The Morgan fingerprint density at radius 2 is 1.65 bits per heavy atom. The predicted molar refractivity (Wildman–Crippen MR) is 94.5 cm³/mol. The van der Waals surface area contributed by atoms with E-state index < -0.39 is 22.8 Å². The van der Waals surface area contributed by atoms with Gasteiger partial charge in [0.25, 0.3) is 0 Å². The van der Waals surface area contributed by atoms with E-state index in [1.165, 1.54) is 31.4 Å². The zero-order chi connectivity index (χ0) is 19.5. The Hall–Kier alpha value is -2.38. The molecule has 0 atom stereocenters. The van der Waals surface area contributed by atoms with Crippen LogP contribution in [0.2, 0.25) is 0 Å². The van der Waals surface area contributed by atoms with Gasteiger partial charge in [0.05, 0.1) is 18.4 Å². The number of rotatable bonds is 7. The molecule has 0 saturated heterocycles. The van der Waals surface area contributed by atoms with Crippen molar-refractivity contribution in [3.63, 3.8) is 0 Å². The fourth-order valence-corrected chi connectivity index (χ4v) is 1.80. The summed E-state index contributed by atoms with van der Waals surface area (Å²) in [5.74, 6) is -1.26. The van der Waals surface area contributed by atoms with Gasteiger partial charge in [0.1, 0.15) is 11.4 Å². The lowest BCUT2D eigenvalue weighted by Gasteiger charge is -2.36. The first kappa shape index (κ1) is 19.9. The molecule has 5 nitrogen and oxygen atoms in total. The third-order valence-corrected chi connectivity index (χ3v) is 4.21. The Labute approximate surface area is 151 Å². The van der Waals surface area contributed by atoms with Crippen LogP contribution in [0.4, 0.5) is 14.5 Å². The van der Waals surface area contributed by atoms with Gasteiger partial charge in [-0.15, -0.1) is 0 Å². The summed E-state index contributed by atoms with van der Waals surface area (Å²) in [6.45, 7) is 6.51. The van der Waals surface area contributed by atoms with E-state index >= 15 is 0 Å². The highest BCUT2D eigenvalue weighted by Gasteiger charge is 2.37. The molecule has 0 aliphatic heterocycles. The van der Waals surface area contributed by atoms with E-state index in [4.69, 9.17) is 14.3 Å².